The lowest BCUT2D eigenvalue weighted by molar-refractivity contribution is 0.279. The number of aliphatic hydroxyl groups is 1. The van der Waals surface area contributed by atoms with Gasteiger partial charge in [0.1, 0.15) is 0 Å². The van der Waals surface area contributed by atoms with Crippen LogP contribution < -0.4 is 5.73 Å². The zero-order valence-corrected chi connectivity index (χ0v) is 12.8. The Morgan fingerprint density at radius 2 is 1.75 bits per heavy atom. The molecule has 0 bridgehead atoms. The summed E-state index contributed by atoms with van der Waals surface area (Å²) in [7, 11) is 0. The Bertz CT molecular complexity index is 581. The third-order valence-electron chi connectivity index (χ3n) is 3.33. The number of aliphatic hydroxyl groups excluding tert-OH is 1. The number of rotatable bonds is 5. The molecule has 2 nitrogen and oxygen atoms in total. The summed E-state index contributed by atoms with van der Waals surface area (Å²) < 4.78 is 0. The molecule has 3 N–H and O–H groups in total. The van der Waals surface area contributed by atoms with Gasteiger partial charge in [0.15, 0.2) is 0 Å². The Hall–Kier alpha value is -1.29. The lowest BCUT2D eigenvalue weighted by Gasteiger charge is -2.13. The molecule has 0 unspecified atom stereocenters. The zero-order chi connectivity index (χ0) is 14.5. The minimum atomic E-state index is 0.0607. The lowest BCUT2D eigenvalue weighted by Crippen LogP contribution is -2.01. The first-order valence-corrected chi connectivity index (χ1v) is 7.67. The van der Waals surface area contributed by atoms with Crippen LogP contribution in [0, 0.1) is 0 Å². The monoisotopic (exact) mass is 287 g/mol. The number of hydrogen-bond acceptors (Lipinski definition) is 3. The Labute approximate surface area is 125 Å². The normalized spacial score (nSPS) is 11.1. The Balaban J connectivity index is 2.33. The summed E-state index contributed by atoms with van der Waals surface area (Å²) in [5.74, 6) is 0.504. The van der Waals surface area contributed by atoms with Crippen LogP contribution in [0.15, 0.2) is 52.3 Å². The highest BCUT2D eigenvalue weighted by atomic mass is 32.2. The van der Waals surface area contributed by atoms with Crippen molar-refractivity contribution in [2.75, 3.05) is 0 Å². The van der Waals surface area contributed by atoms with E-state index in [-0.39, 0.29) is 6.61 Å². The van der Waals surface area contributed by atoms with Crippen molar-refractivity contribution < 1.29 is 5.11 Å². The van der Waals surface area contributed by atoms with Gasteiger partial charge in [0.2, 0.25) is 0 Å². The van der Waals surface area contributed by atoms with Crippen LogP contribution in [-0.4, -0.2) is 5.11 Å². The van der Waals surface area contributed by atoms with Crippen LogP contribution in [0.2, 0.25) is 0 Å². The van der Waals surface area contributed by atoms with Crippen molar-refractivity contribution in [2.45, 2.75) is 42.7 Å². The van der Waals surface area contributed by atoms with Gasteiger partial charge in [-0.2, -0.15) is 0 Å². The van der Waals surface area contributed by atoms with Crippen LogP contribution in [0.5, 0.6) is 0 Å². The fourth-order valence-electron chi connectivity index (χ4n) is 2.07. The van der Waals surface area contributed by atoms with Crippen molar-refractivity contribution >= 4 is 11.8 Å². The van der Waals surface area contributed by atoms with Gasteiger partial charge in [-0.25, -0.2) is 0 Å². The minimum Gasteiger partial charge on any atom is -0.392 e. The SMILES string of the molecule is CC(C)c1ccc(Sc2ccccc2CO)c(CN)c1. The first-order chi connectivity index (χ1) is 9.65. The molecule has 0 saturated carbocycles. The van der Waals surface area contributed by atoms with Gasteiger partial charge < -0.3 is 10.8 Å². The predicted molar refractivity (Wildman–Crippen MR) is 84.9 cm³/mol. The van der Waals surface area contributed by atoms with Crippen LogP contribution in [0.1, 0.15) is 36.5 Å². The average Bonchev–Trinajstić information content (AvgIpc) is 2.48. The van der Waals surface area contributed by atoms with E-state index < -0.39 is 0 Å². The molecule has 0 heterocycles. The van der Waals surface area contributed by atoms with Crippen molar-refractivity contribution in [2.24, 2.45) is 5.73 Å². The number of nitrogens with two attached hydrogens (primary N) is 1. The molecule has 3 heteroatoms. The van der Waals surface area contributed by atoms with E-state index in [2.05, 4.69) is 32.0 Å². The molecule has 0 atom stereocenters. The number of benzene rings is 2. The molecule has 0 saturated heterocycles. The second-order valence-corrected chi connectivity index (χ2v) is 6.18. The van der Waals surface area contributed by atoms with Gasteiger partial charge in [0, 0.05) is 16.3 Å². The maximum atomic E-state index is 9.40. The highest BCUT2D eigenvalue weighted by Crippen LogP contribution is 2.34. The fourth-order valence-corrected chi connectivity index (χ4v) is 3.13. The van der Waals surface area contributed by atoms with Crippen LogP contribution >= 0.6 is 11.8 Å². The first kappa shape index (κ1) is 15.1. The van der Waals surface area contributed by atoms with E-state index in [9.17, 15) is 5.11 Å². The second-order valence-electron chi connectivity index (χ2n) is 5.09. The fraction of sp³-hybridized carbons (Fsp3) is 0.294. The highest BCUT2D eigenvalue weighted by Gasteiger charge is 2.09. The van der Waals surface area contributed by atoms with Gasteiger partial charge in [-0.1, -0.05) is 55.9 Å². The molecule has 0 aromatic heterocycles. The van der Waals surface area contributed by atoms with E-state index in [1.54, 1.807) is 11.8 Å². The summed E-state index contributed by atoms with van der Waals surface area (Å²) in [4.78, 5) is 2.25. The average molecular weight is 287 g/mol. The Morgan fingerprint density at radius 3 is 2.40 bits per heavy atom. The van der Waals surface area contributed by atoms with E-state index in [1.165, 1.54) is 5.56 Å². The summed E-state index contributed by atoms with van der Waals surface area (Å²) in [6.45, 7) is 4.96. The Morgan fingerprint density at radius 1 is 1.05 bits per heavy atom. The van der Waals surface area contributed by atoms with Crippen LogP contribution in [0.3, 0.4) is 0 Å². The molecule has 0 spiro atoms. The molecular formula is C17H21NOS. The smallest absolute Gasteiger partial charge is 0.0692 e. The molecular weight excluding hydrogens is 266 g/mol. The number of hydrogen-bond donors (Lipinski definition) is 2. The van der Waals surface area contributed by atoms with Crippen LogP contribution in [-0.2, 0) is 13.2 Å². The summed E-state index contributed by atoms with van der Waals surface area (Å²) >= 11 is 1.67. The van der Waals surface area contributed by atoms with E-state index in [0.717, 1.165) is 20.9 Å². The van der Waals surface area contributed by atoms with Crippen LogP contribution in [0.4, 0.5) is 0 Å². The lowest BCUT2D eigenvalue weighted by atomic mass is 10.0. The van der Waals surface area contributed by atoms with Gasteiger partial charge in [0.25, 0.3) is 0 Å². The van der Waals surface area contributed by atoms with Crippen molar-refractivity contribution in [1.29, 1.82) is 0 Å². The van der Waals surface area contributed by atoms with E-state index >= 15 is 0 Å². The maximum Gasteiger partial charge on any atom is 0.0692 e. The highest BCUT2D eigenvalue weighted by molar-refractivity contribution is 7.99. The van der Waals surface area contributed by atoms with Crippen molar-refractivity contribution in [3.8, 4) is 0 Å². The van der Waals surface area contributed by atoms with Gasteiger partial charge in [-0.05, 0) is 34.7 Å². The topological polar surface area (TPSA) is 46.2 Å². The molecule has 0 fully saturated rings. The van der Waals surface area contributed by atoms with Crippen molar-refractivity contribution in [3.63, 3.8) is 0 Å². The standard InChI is InChI=1S/C17H21NOS/c1-12(2)13-7-8-17(15(9-13)10-18)20-16-6-4-3-5-14(16)11-19/h3-9,12,19H,10-11,18H2,1-2H3. The largest absolute Gasteiger partial charge is 0.392 e. The van der Waals surface area contributed by atoms with E-state index in [4.69, 9.17) is 5.73 Å². The van der Waals surface area contributed by atoms with E-state index in [0.29, 0.717) is 12.5 Å². The van der Waals surface area contributed by atoms with Gasteiger partial charge in [0.05, 0.1) is 6.61 Å². The molecule has 2 aromatic carbocycles. The third-order valence-corrected chi connectivity index (χ3v) is 4.57. The molecule has 106 valence electrons. The molecule has 0 aliphatic rings. The molecule has 2 rings (SSSR count). The van der Waals surface area contributed by atoms with Gasteiger partial charge in [-0.3, -0.25) is 0 Å². The Kier molecular flexibility index (Phi) is 5.24. The summed E-state index contributed by atoms with van der Waals surface area (Å²) in [5.41, 5.74) is 9.30. The predicted octanol–water partition coefficient (Wildman–Crippen LogP) is 3.91. The molecule has 0 amide bonds. The molecule has 0 aliphatic heterocycles. The summed E-state index contributed by atoms with van der Waals surface area (Å²) in [6, 6.07) is 14.4. The summed E-state index contributed by atoms with van der Waals surface area (Å²) in [6.07, 6.45) is 0. The minimum absolute atomic E-state index is 0.0607. The quantitative estimate of drug-likeness (QED) is 0.876. The second kappa shape index (κ2) is 6.93. The zero-order valence-electron chi connectivity index (χ0n) is 12.0. The van der Waals surface area contributed by atoms with Crippen LogP contribution in [0.25, 0.3) is 0 Å². The first-order valence-electron chi connectivity index (χ1n) is 6.85. The third kappa shape index (κ3) is 3.42. The van der Waals surface area contributed by atoms with Crippen molar-refractivity contribution in [3.05, 3.63) is 59.2 Å². The van der Waals surface area contributed by atoms with Crippen molar-refractivity contribution in [1.82, 2.24) is 0 Å². The molecule has 2 aromatic rings. The van der Waals surface area contributed by atoms with Gasteiger partial charge in [-0.15, -0.1) is 0 Å². The summed E-state index contributed by atoms with van der Waals surface area (Å²) in [5, 5.41) is 9.40. The molecule has 20 heavy (non-hydrogen) atoms. The molecule has 0 radical (unpaired) electrons. The van der Waals surface area contributed by atoms with Gasteiger partial charge >= 0.3 is 0 Å². The van der Waals surface area contributed by atoms with E-state index in [1.807, 2.05) is 24.3 Å². The molecule has 0 aliphatic carbocycles. The maximum absolute atomic E-state index is 9.40.